The number of hydrogen-bond donors (Lipinski definition) is 1. The third kappa shape index (κ3) is 3.86. The Bertz CT molecular complexity index is 963. The molecule has 0 aliphatic carbocycles. The zero-order chi connectivity index (χ0) is 20.2. The number of nitrogens with one attached hydrogen (secondary N) is 1. The summed E-state index contributed by atoms with van der Waals surface area (Å²) in [5.41, 5.74) is 4.78. The van der Waals surface area contributed by atoms with Gasteiger partial charge in [-0.3, -0.25) is 9.88 Å². The number of benzene rings is 1. The summed E-state index contributed by atoms with van der Waals surface area (Å²) in [5.74, 6) is 2.14. The second kappa shape index (κ2) is 8.45. The lowest BCUT2D eigenvalue weighted by Gasteiger charge is -2.38. The van der Waals surface area contributed by atoms with E-state index < -0.39 is 0 Å². The van der Waals surface area contributed by atoms with Gasteiger partial charge in [0.1, 0.15) is 0 Å². The van der Waals surface area contributed by atoms with Crippen LogP contribution in [0.2, 0.25) is 0 Å². The Morgan fingerprint density at radius 1 is 1.07 bits per heavy atom. The highest BCUT2D eigenvalue weighted by Gasteiger charge is 2.30. The van der Waals surface area contributed by atoms with Crippen molar-refractivity contribution in [2.75, 3.05) is 33.1 Å². The minimum atomic E-state index is 0.0885. The summed E-state index contributed by atoms with van der Waals surface area (Å²) in [6.07, 6.45) is 8.38. The third-order valence-corrected chi connectivity index (χ3v) is 5.31. The van der Waals surface area contributed by atoms with Crippen molar-refractivity contribution in [3.8, 4) is 11.5 Å². The second-order valence-corrected chi connectivity index (χ2v) is 6.97. The fourth-order valence-electron chi connectivity index (χ4n) is 3.90. The first-order valence-corrected chi connectivity index (χ1v) is 9.61. The van der Waals surface area contributed by atoms with Crippen LogP contribution in [-0.4, -0.2) is 47.7 Å². The maximum absolute atomic E-state index is 5.58. The SMILES string of the molecule is CNc1ncc(CN2CCc3cc(OC)c(OC)cc3[C@H]2c2ccncc2)cn1. The molecular formula is C22H25N5O2. The van der Waals surface area contributed by atoms with E-state index in [-0.39, 0.29) is 6.04 Å². The molecule has 0 saturated heterocycles. The topological polar surface area (TPSA) is 72.4 Å². The summed E-state index contributed by atoms with van der Waals surface area (Å²) >= 11 is 0. The summed E-state index contributed by atoms with van der Waals surface area (Å²) < 4.78 is 11.1. The average Bonchev–Trinajstić information content (AvgIpc) is 2.79. The van der Waals surface area contributed by atoms with E-state index in [2.05, 4.69) is 49.4 Å². The number of ether oxygens (including phenoxy) is 2. The van der Waals surface area contributed by atoms with Gasteiger partial charge in [-0.25, -0.2) is 9.97 Å². The second-order valence-electron chi connectivity index (χ2n) is 6.97. The molecule has 3 heterocycles. The van der Waals surface area contributed by atoms with Crippen molar-refractivity contribution in [2.24, 2.45) is 0 Å². The minimum absolute atomic E-state index is 0.0885. The molecule has 0 amide bonds. The van der Waals surface area contributed by atoms with Gasteiger partial charge in [0.15, 0.2) is 11.5 Å². The number of anilines is 1. The Kier molecular flexibility index (Phi) is 5.57. The first-order chi connectivity index (χ1) is 14.2. The molecule has 0 bridgehead atoms. The van der Waals surface area contributed by atoms with Crippen molar-refractivity contribution in [2.45, 2.75) is 19.0 Å². The first-order valence-electron chi connectivity index (χ1n) is 9.61. The van der Waals surface area contributed by atoms with Gasteiger partial charge in [-0.05, 0) is 47.4 Å². The Morgan fingerprint density at radius 2 is 1.76 bits per heavy atom. The van der Waals surface area contributed by atoms with Crippen molar-refractivity contribution in [1.82, 2.24) is 19.9 Å². The van der Waals surface area contributed by atoms with E-state index in [0.717, 1.165) is 36.6 Å². The maximum Gasteiger partial charge on any atom is 0.222 e. The van der Waals surface area contributed by atoms with Gasteiger partial charge in [0.2, 0.25) is 5.95 Å². The van der Waals surface area contributed by atoms with E-state index in [1.54, 1.807) is 14.2 Å². The number of aromatic nitrogens is 3. The summed E-state index contributed by atoms with van der Waals surface area (Å²) in [5, 5.41) is 2.96. The number of pyridine rings is 1. The van der Waals surface area contributed by atoms with Crippen LogP contribution >= 0.6 is 0 Å². The summed E-state index contributed by atoms with van der Waals surface area (Å²) in [4.78, 5) is 15.4. The zero-order valence-electron chi connectivity index (χ0n) is 16.9. The van der Waals surface area contributed by atoms with Crippen molar-refractivity contribution in [1.29, 1.82) is 0 Å². The molecule has 3 aromatic rings. The van der Waals surface area contributed by atoms with Crippen LogP contribution in [-0.2, 0) is 13.0 Å². The highest BCUT2D eigenvalue weighted by atomic mass is 16.5. The number of nitrogens with zero attached hydrogens (tertiary/aromatic N) is 4. The third-order valence-electron chi connectivity index (χ3n) is 5.31. The molecule has 0 radical (unpaired) electrons. The molecule has 7 heteroatoms. The van der Waals surface area contributed by atoms with Gasteiger partial charge in [-0.15, -0.1) is 0 Å². The van der Waals surface area contributed by atoms with E-state index in [0.29, 0.717) is 5.95 Å². The number of fused-ring (bicyclic) bond motifs is 1. The molecule has 29 heavy (non-hydrogen) atoms. The van der Waals surface area contributed by atoms with E-state index in [4.69, 9.17) is 9.47 Å². The molecular weight excluding hydrogens is 366 g/mol. The van der Waals surface area contributed by atoms with Crippen LogP contribution in [0.3, 0.4) is 0 Å². The Balaban J connectivity index is 1.74. The summed E-state index contributed by atoms with van der Waals surface area (Å²) in [6, 6.07) is 8.44. The van der Waals surface area contributed by atoms with E-state index in [1.165, 1.54) is 16.7 Å². The van der Waals surface area contributed by atoms with Gasteiger partial charge in [0.05, 0.1) is 20.3 Å². The molecule has 150 valence electrons. The molecule has 0 saturated carbocycles. The van der Waals surface area contributed by atoms with Crippen LogP contribution in [0, 0.1) is 0 Å². The van der Waals surface area contributed by atoms with Crippen LogP contribution in [0.1, 0.15) is 28.3 Å². The minimum Gasteiger partial charge on any atom is -0.493 e. The molecule has 1 atom stereocenters. The maximum atomic E-state index is 5.58. The summed E-state index contributed by atoms with van der Waals surface area (Å²) in [7, 11) is 5.17. The van der Waals surface area contributed by atoms with Crippen molar-refractivity contribution in [3.05, 3.63) is 71.3 Å². The van der Waals surface area contributed by atoms with Crippen LogP contribution < -0.4 is 14.8 Å². The lowest BCUT2D eigenvalue weighted by atomic mass is 9.87. The molecule has 0 spiro atoms. The van der Waals surface area contributed by atoms with Crippen LogP contribution in [0.4, 0.5) is 5.95 Å². The predicted octanol–water partition coefficient (Wildman–Crippen LogP) is 3.08. The molecule has 4 rings (SSSR count). The molecule has 1 N–H and O–H groups in total. The van der Waals surface area contributed by atoms with E-state index >= 15 is 0 Å². The van der Waals surface area contributed by atoms with E-state index in [1.807, 2.05) is 31.8 Å². The predicted molar refractivity (Wildman–Crippen MR) is 111 cm³/mol. The largest absolute Gasteiger partial charge is 0.493 e. The fraction of sp³-hybridized carbons (Fsp3) is 0.318. The number of methoxy groups -OCH3 is 2. The lowest BCUT2D eigenvalue weighted by Crippen LogP contribution is -2.35. The Morgan fingerprint density at radius 3 is 2.41 bits per heavy atom. The summed E-state index contributed by atoms with van der Waals surface area (Å²) in [6.45, 7) is 1.67. The average molecular weight is 391 g/mol. The van der Waals surface area contributed by atoms with Gasteiger partial charge in [0.25, 0.3) is 0 Å². The smallest absolute Gasteiger partial charge is 0.222 e. The number of rotatable bonds is 6. The standard InChI is InChI=1S/C22H25N5O2/c1-23-22-25-12-15(13-26-22)14-27-9-6-17-10-19(28-2)20(29-3)11-18(17)21(27)16-4-7-24-8-5-16/h4-5,7-8,10-13,21H,6,9,14H2,1-3H3,(H,23,25,26)/t21-/m1/s1. The van der Waals surface area contributed by atoms with Gasteiger partial charge >= 0.3 is 0 Å². The van der Waals surface area contributed by atoms with Gasteiger partial charge in [-0.1, -0.05) is 0 Å². The molecule has 1 aliphatic heterocycles. The molecule has 0 unspecified atom stereocenters. The highest BCUT2D eigenvalue weighted by molar-refractivity contribution is 5.51. The van der Waals surface area contributed by atoms with Gasteiger partial charge in [-0.2, -0.15) is 0 Å². The molecule has 1 aromatic carbocycles. The molecule has 0 fully saturated rings. The van der Waals surface area contributed by atoms with Crippen molar-refractivity contribution < 1.29 is 9.47 Å². The highest BCUT2D eigenvalue weighted by Crippen LogP contribution is 2.41. The lowest BCUT2D eigenvalue weighted by molar-refractivity contribution is 0.203. The Labute approximate surface area is 170 Å². The first kappa shape index (κ1) is 19.1. The van der Waals surface area contributed by atoms with Gasteiger partial charge in [0, 0.05) is 50.5 Å². The fourth-order valence-corrected chi connectivity index (χ4v) is 3.90. The van der Waals surface area contributed by atoms with Crippen LogP contribution in [0.25, 0.3) is 0 Å². The molecule has 7 nitrogen and oxygen atoms in total. The number of hydrogen-bond acceptors (Lipinski definition) is 7. The quantitative estimate of drug-likeness (QED) is 0.692. The molecule has 2 aromatic heterocycles. The Hall–Kier alpha value is -3.19. The normalized spacial score (nSPS) is 16.2. The van der Waals surface area contributed by atoms with E-state index in [9.17, 15) is 0 Å². The monoisotopic (exact) mass is 391 g/mol. The van der Waals surface area contributed by atoms with Crippen LogP contribution in [0.5, 0.6) is 11.5 Å². The molecule has 1 aliphatic rings. The van der Waals surface area contributed by atoms with Gasteiger partial charge < -0.3 is 14.8 Å². The van der Waals surface area contributed by atoms with Crippen molar-refractivity contribution in [3.63, 3.8) is 0 Å². The van der Waals surface area contributed by atoms with Crippen molar-refractivity contribution >= 4 is 5.95 Å². The van der Waals surface area contributed by atoms with Crippen LogP contribution in [0.15, 0.2) is 49.1 Å². The zero-order valence-corrected chi connectivity index (χ0v) is 16.9.